The molecule has 0 amide bonds. The summed E-state index contributed by atoms with van der Waals surface area (Å²) < 4.78 is 0.942. The number of aliphatic hydroxyl groups excluding tert-OH is 1. The Labute approximate surface area is 110 Å². The first-order chi connectivity index (χ1) is 8.22. The van der Waals surface area contributed by atoms with Crippen LogP contribution in [0.5, 0.6) is 0 Å². The lowest BCUT2D eigenvalue weighted by Gasteiger charge is -2.19. The maximum atomic E-state index is 8.94. The van der Waals surface area contributed by atoms with Crippen LogP contribution in [0.1, 0.15) is 18.4 Å². The van der Waals surface area contributed by atoms with Crippen molar-refractivity contribution in [2.45, 2.75) is 12.8 Å². The minimum atomic E-state index is 0.264. The van der Waals surface area contributed by atoms with Crippen LogP contribution in [0.25, 0.3) is 0 Å². The second-order valence-corrected chi connectivity index (χ2v) is 5.34. The molecular formula is C13H15BrN2O. The molecule has 4 heteroatoms. The molecule has 1 aliphatic rings. The predicted octanol–water partition coefficient (Wildman–Crippen LogP) is 2.53. The first kappa shape index (κ1) is 12.4. The van der Waals surface area contributed by atoms with Gasteiger partial charge in [0, 0.05) is 29.9 Å². The molecule has 1 heterocycles. The molecule has 1 aromatic carbocycles. The minimum Gasteiger partial charge on any atom is -0.396 e. The van der Waals surface area contributed by atoms with Crippen molar-refractivity contribution in [3.63, 3.8) is 0 Å². The molecule has 17 heavy (non-hydrogen) atoms. The van der Waals surface area contributed by atoms with Gasteiger partial charge in [-0.3, -0.25) is 0 Å². The van der Waals surface area contributed by atoms with Crippen LogP contribution in [-0.4, -0.2) is 24.8 Å². The van der Waals surface area contributed by atoms with Crippen molar-refractivity contribution in [3.05, 3.63) is 28.2 Å². The summed E-state index contributed by atoms with van der Waals surface area (Å²) in [5.74, 6) is 0.574. The molecule has 1 atom stereocenters. The zero-order valence-electron chi connectivity index (χ0n) is 9.56. The van der Waals surface area contributed by atoms with Crippen LogP contribution in [-0.2, 0) is 0 Å². The number of nitrogens with zero attached hydrogens (tertiary/aromatic N) is 2. The third-order valence-corrected chi connectivity index (χ3v) is 3.66. The zero-order chi connectivity index (χ0) is 12.3. The lowest BCUT2D eigenvalue weighted by Crippen LogP contribution is -2.20. The van der Waals surface area contributed by atoms with Gasteiger partial charge in [0.25, 0.3) is 0 Å². The fourth-order valence-electron chi connectivity index (χ4n) is 2.31. The zero-order valence-corrected chi connectivity index (χ0v) is 11.2. The van der Waals surface area contributed by atoms with E-state index in [9.17, 15) is 0 Å². The molecule has 1 aliphatic heterocycles. The van der Waals surface area contributed by atoms with Gasteiger partial charge in [0.2, 0.25) is 0 Å². The SMILES string of the molecule is N#Cc1cc(Br)cc(N2CCC(CCO)C2)c1. The molecule has 0 radical (unpaired) electrons. The van der Waals surface area contributed by atoms with E-state index in [1.165, 1.54) is 0 Å². The first-order valence-corrected chi connectivity index (χ1v) is 6.58. The predicted molar refractivity (Wildman–Crippen MR) is 70.9 cm³/mol. The van der Waals surface area contributed by atoms with Gasteiger partial charge in [0.15, 0.2) is 0 Å². The summed E-state index contributed by atoms with van der Waals surface area (Å²) in [7, 11) is 0. The van der Waals surface area contributed by atoms with Crippen LogP contribution < -0.4 is 4.90 Å². The van der Waals surface area contributed by atoms with Crippen molar-refractivity contribution in [3.8, 4) is 6.07 Å². The lowest BCUT2D eigenvalue weighted by atomic mass is 10.1. The number of anilines is 1. The van der Waals surface area contributed by atoms with Crippen LogP contribution in [0.3, 0.4) is 0 Å². The van der Waals surface area contributed by atoms with E-state index < -0.39 is 0 Å². The Morgan fingerprint density at radius 2 is 2.29 bits per heavy atom. The molecule has 1 fully saturated rings. The molecule has 1 saturated heterocycles. The lowest BCUT2D eigenvalue weighted by molar-refractivity contribution is 0.263. The number of benzene rings is 1. The quantitative estimate of drug-likeness (QED) is 0.932. The van der Waals surface area contributed by atoms with E-state index >= 15 is 0 Å². The summed E-state index contributed by atoms with van der Waals surface area (Å²) in [6.45, 7) is 2.24. The summed E-state index contributed by atoms with van der Waals surface area (Å²) in [4.78, 5) is 2.28. The summed E-state index contributed by atoms with van der Waals surface area (Å²) >= 11 is 3.43. The fourth-order valence-corrected chi connectivity index (χ4v) is 2.79. The second-order valence-electron chi connectivity index (χ2n) is 4.42. The molecule has 0 saturated carbocycles. The van der Waals surface area contributed by atoms with Gasteiger partial charge in [-0.1, -0.05) is 15.9 Å². The van der Waals surface area contributed by atoms with Crippen LogP contribution >= 0.6 is 15.9 Å². The highest BCUT2D eigenvalue weighted by molar-refractivity contribution is 9.10. The third-order valence-electron chi connectivity index (χ3n) is 3.20. The third kappa shape index (κ3) is 2.99. The van der Waals surface area contributed by atoms with Gasteiger partial charge in [-0.15, -0.1) is 0 Å². The summed E-state index contributed by atoms with van der Waals surface area (Å²) in [5.41, 5.74) is 1.77. The van der Waals surface area contributed by atoms with Gasteiger partial charge in [-0.25, -0.2) is 0 Å². The molecule has 3 nitrogen and oxygen atoms in total. The standard InChI is InChI=1S/C13H15BrN2O/c14-12-5-11(8-15)6-13(7-12)16-3-1-10(9-16)2-4-17/h5-7,10,17H,1-4,9H2. The van der Waals surface area contributed by atoms with E-state index in [2.05, 4.69) is 26.9 Å². The molecule has 0 aromatic heterocycles. The van der Waals surface area contributed by atoms with E-state index in [1.807, 2.05) is 18.2 Å². The molecule has 1 N–H and O–H groups in total. The van der Waals surface area contributed by atoms with Crippen molar-refractivity contribution >= 4 is 21.6 Å². The van der Waals surface area contributed by atoms with Gasteiger partial charge in [0.1, 0.15) is 0 Å². The van der Waals surface area contributed by atoms with Crippen LogP contribution in [0.15, 0.2) is 22.7 Å². The number of hydrogen-bond acceptors (Lipinski definition) is 3. The largest absolute Gasteiger partial charge is 0.396 e. The van der Waals surface area contributed by atoms with Crippen molar-refractivity contribution in [2.75, 3.05) is 24.6 Å². The number of hydrogen-bond donors (Lipinski definition) is 1. The molecule has 0 aliphatic carbocycles. The highest BCUT2D eigenvalue weighted by Crippen LogP contribution is 2.28. The minimum absolute atomic E-state index is 0.264. The monoisotopic (exact) mass is 294 g/mol. The van der Waals surface area contributed by atoms with Gasteiger partial charge >= 0.3 is 0 Å². The Balaban J connectivity index is 2.13. The smallest absolute Gasteiger partial charge is 0.0992 e. The first-order valence-electron chi connectivity index (χ1n) is 5.79. The molecule has 1 unspecified atom stereocenters. The maximum absolute atomic E-state index is 8.94. The van der Waals surface area contributed by atoms with Crippen molar-refractivity contribution in [1.82, 2.24) is 0 Å². The Morgan fingerprint density at radius 1 is 1.47 bits per heavy atom. The van der Waals surface area contributed by atoms with Crippen LogP contribution in [0, 0.1) is 17.2 Å². The molecule has 1 aromatic rings. The van der Waals surface area contributed by atoms with Gasteiger partial charge in [-0.05, 0) is 37.0 Å². The van der Waals surface area contributed by atoms with Crippen LogP contribution in [0.2, 0.25) is 0 Å². The van der Waals surface area contributed by atoms with Crippen molar-refractivity contribution < 1.29 is 5.11 Å². The Kier molecular flexibility index (Phi) is 4.03. The van der Waals surface area contributed by atoms with E-state index in [4.69, 9.17) is 10.4 Å². The Hall–Kier alpha value is -1.05. The number of rotatable bonds is 3. The van der Waals surface area contributed by atoms with E-state index in [0.29, 0.717) is 11.5 Å². The number of aliphatic hydroxyl groups is 1. The number of nitriles is 1. The average Bonchev–Trinajstić information content (AvgIpc) is 2.77. The summed E-state index contributed by atoms with van der Waals surface area (Å²) in [6, 6.07) is 7.96. The van der Waals surface area contributed by atoms with Gasteiger partial charge < -0.3 is 10.0 Å². The summed E-state index contributed by atoms with van der Waals surface area (Å²) in [5, 5.41) is 17.9. The topological polar surface area (TPSA) is 47.3 Å². The van der Waals surface area contributed by atoms with Crippen molar-refractivity contribution in [1.29, 1.82) is 5.26 Å². The average molecular weight is 295 g/mol. The van der Waals surface area contributed by atoms with E-state index in [1.54, 1.807) is 0 Å². The highest BCUT2D eigenvalue weighted by atomic mass is 79.9. The Bertz CT molecular complexity index is 442. The van der Waals surface area contributed by atoms with E-state index in [0.717, 1.165) is 36.1 Å². The number of halogens is 1. The van der Waals surface area contributed by atoms with Gasteiger partial charge in [0.05, 0.1) is 11.6 Å². The maximum Gasteiger partial charge on any atom is 0.0992 e. The van der Waals surface area contributed by atoms with Crippen molar-refractivity contribution in [2.24, 2.45) is 5.92 Å². The summed E-state index contributed by atoms with van der Waals surface area (Å²) in [6.07, 6.45) is 1.99. The molecular weight excluding hydrogens is 280 g/mol. The van der Waals surface area contributed by atoms with Gasteiger partial charge in [-0.2, -0.15) is 5.26 Å². The van der Waals surface area contributed by atoms with E-state index in [-0.39, 0.29) is 6.61 Å². The second kappa shape index (κ2) is 5.52. The highest BCUT2D eigenvalue weighted by Gasteiger charge is 2.22. The molecule has 0 spiro atoms. The normalized spacial score (nSPS) is 19.4. The molecule has 0 bridgehead atoms. The Morgan fingerprint density at radius 3 is 3.00 bits per heavy atom. The van der Waals surface area contributed by atoms with Crippen LogP contribution in [0.4, 0.5) is 5.69 Å². The fraction of sp³-hybridized carbons (Fsp3) is 0.462. The molecule has 90 valence electrons. The molecule has 2 rings (SSSR count).